The molecule has 2 bridgehead atoms. The monoisotopic (exact) mass is 779 g/mol. The van der Waals surface area contributed by atoms with E-state index in [1.54, 1.807) is 13.8 Å². The van der Waals surface area contributed by atoms with Crippen LogP contribution in [-0.4, -0.2) is 109 Å². The number of methoxy groups -OCH3 is 1. The Hall–Kier alpha value is -2.67. The zero-order valence-corrected chi connectivity index (χ0v) is 33.3. The van der Waals surface area contributed by atoms with Crippen molar-refractivity contribution in [3.8, 4) is 0 Å². The molecule has 0 aromatic rings. The molecule has 0 amide bonds. The Bertz CT molecular complexity index is 1370. The number of carbonyl (C=O) groups excluding carboxylic acids is 3. The largest absolute Gasteiger partial charge is 0.481 e. The minimum Gasteiger partial charge on any atom is -0.481 e. The van der Waals surface area contributed by atoms with Crippen molar-refractivity contribution in [2.75, 3.05) is 60.0 Å². The minimum atomic E-state index is -4.70. The second-order valence-corrected chi connectivity index (χ2v) is 16.6. The number of nitrogens with one attached hydrogen (secondary N) is 1. The lowest BCUT2D eigenvalue weighted by molar-refractivity contribution is -0.164. The van der Waals surface area contributed by atoms with Crippen LogP contribution in [0.15, 0.2) is 11.6 Å². The lowest BCUT2D eigenvalue weighted by atomic mass is 9.48. The van der Waals surface area contributed by atoms with Crippen LogP contribution >= 0.6 is 0 Å². The maximum Gasteiger partial charge on any atom is 0.358 e. The Balaban J connectivity index is 2.01. The van der Waals surface area contributed by atoms with Crippen molar-refractivity contribution in [1.29, 1.82) is 0 Å². The molecule has 1 saturated carbocycles. The first kappa shape index (κ1) is 46.5. The molecule has 0 radical (unpaired) electrons. The Kier molecular flexibility index (Phi) is 18.3. The molecule has 3 rings (SSSR count). The number of allylic oxidation sites excluding steroid dienone is 1. The van der Waals surface area contributed by atoms with Crippen LogP contribution in [0.2, 0.25) is 0 Å². The van der Waals surface area contributed by atoms with Crippen molar-refractivity contribution in [3.63, 3.8) is 0 Å². The molecule has 0 heterocycles. The molecule has 7 unspecified atom stereocenters. The van der Waals surface area contributed by atoms with Crippen molar-refractivity contribution in [3.05, 3.63) is 11.6 Å². The molecule has 16 nitrogen and oxygen atoms in total. The van der Waals surface area contributed by atoms with Crippen LogP contribution in [0.1, 0.15) is 87.0 Å². The number of aliphatic carboxylic acids is 1. The van der Waals surface area contributed by atoms with E-state index in [-0.39, 0.29) is 52.0 Å². The summed E-state index contributed by atoms with van der Waals surface area (Å²) in [6.45, 7) is 12.3. The Morgan fingerprint density at radius 1 is 0.962 bits per heavy atom. The molecule has 0 saturated heterocycles. The average Bonchev–Trinajstić information content (AvgIpc) is 3.10. The lowest BCUT2D eigenvalue weighted by Gasteiger charge is -2.56. The van der Waals surface area contributed by atoms with Gasteiger partial charge in [0.15, 0.2) is 0 Å². The van der Waals surface area contributed by atoms with Crippen LogP contribution in [-0.2, 0) is 62.1 Å². The van der Waals surface area contributed by atoms with E-state index in [1.165, 1.54) is 26.0 Å². The molecule has 3 N–H and O–H groups in total. The Morgan fingerprint density at radius 3 is 2.21 bits per heavy atom. The van der Waals surface area contributed by atoms with Gasteiger partial charge in [-0.25, -0.2) is 0 Å². The summed E-state index contributed by atoms with van der Waals surface area (Å²) in [5.74, 6) is -4.50. The average molecular weight is 780 g/mol. The zero-order chi connectivity index (χ0) is 40.0. The molecule has 0 aliphatic heterocycles. The first-order chi connectivity index (χ1) is 24.7. The predicted molar refractivity (Wildman–Crippen MR) is 190 cm³/mol. The third kappa shape index (κ3) is 13.8. The third-order valence-electron chi connectivity index (χ3n) is 10.5. The van der Waals surface area contributed by atoms with Crippen LogP contribution in [0.4, 0.5) is 0 Å². The van der Waals surface area contributed by atoms with Gasteiger partial charge in [-0.3, -0.25) is 23.4 Å². The lowest BCUT2D eigenvalue weighted by Crippen LogP contribution is -2.48. The molecule has 17 heteroatoms. The van der Waals surface area contributed by atoms with Gasteiger partial charge in [0.2, 0.25) is 0 Å². The number of esters is 3. The number of fused-ring (bicyclic) bond motifs is 1. The van der Waals surface area contributed by atoms with Crippen LogP contribution in [0.3, 0.4) is 0 Å². The van der Waals surface area contributed by atoms with Crippen molar-refractivity contribution in [2.24, 2.45) is 39.9 Å². The van der Waals surface area contributed by atoms with Crippen molar-refractivity contribution in [1.82, 2.24) is 4.89 Å². The summed E-state index contributed by atoms with van der Waals surface area (Å²) in [5, 5.41) is 18.8. The standard InChI is InChI=1S/C36H61NO15S/c1-9-48-31(39)27(21-36(7,32(40)41)23-52-53(44,45)37-43)20-35(6,33(42)51-15-14-46-8)19-24(2)30(38)50-17-16-49-25(3)22-47-13-12-26-10-11-28-18-29(26)34(28,4)5/h10,24-25,27-29,37,43H,9,11-23H2,1-8H3,(H,40,41). The highest BCUT2D eigenvalue weighted by molar-refractivity contribution is 7.84. The van der Waals surface area contributed by atoms with E-state index in [1.807, 2.05) is 6.92 Å². The maximum atomic E-state index is 13.5. The second-order valence-electron chi connectivity index (χ2n) is 15.3. The highest BCUT2D eigenvalue weighted by Crippen LogP contribution is 2.59. The first-order valence-corrected chi connectivity index (χ1v) is 19.6. The number of carboxylic acids is 1. The van der Waals surface area contributed by atoms with Gasteiger partial charge < -0.3 is 38.7 Å². The van der Waals surface area contributed by atoms with Gasteiger partial charge in [0.25, 0.3) is 0 Å². The number of ether oxygens (including phenoxy) is 6. The molecule has 1 fully saturated rings. The fraction of sp³-hybridized carbons (Fsp3) is 0.833. The topological polar surface area (TPSA) is 220 Å². The molecule has 0 aromatic carbocycles. The van der Waals surface area contributed by atoms with Gasteiger partial charge in [0.05, 0.1) is 68.4 Å². The summed E-state index contributed by atoms with van der Waals surface area (Å²) >= 11 is 0. The van der Waals surface area contributed by atoms with Gasteiger partial charge in [0, 0.05) is 7.11 Å². The van der Waals surface area contributed by atoms with Crippen molar-refractivity contribution < 1.29 is 70.5 Å². The quantitative estimate of drug-likeness (QED) is 0.0355. The summed E-state index contributed by atoms with van der Waals surface area (Å²) in [7, 11) is -3.28. The van der Waals surface area contributed by atoms with Crippen molar-refractivity contribution in [2.45, 2.75) is 93.1 Å². The normalized spacial score (nSPS) is 21.8. The summed E-state index contributed by atoms with van der Waals surface area (Å²) < 4.78 is 60.6. The summed E-state index contributed by atoms with van der Waals surface area (Å²) in [6.07, 6.45) is 4.44. The van der Waals surface area contributed by atoms with Crippen LogP contribution < -0.4 is 4.89 Å². The molecule has 0 spiro atoms. The van der Waals surface area contributed by atoms with Gasteiger partial charge in [-0.1, -0.05) is 37.3 Å². The molecule has 7 atom stereocenters. The van der Waals surface area contributed by atoms with Gasteiger partial charge >= 0.3 is 34.2 Å². The summed E-state index contributed by atoms with van der Waals surface area (Å²) in [4.78, 5) is 53.0. The van der Waals surface area contributed by atoms with Gasteiger partial charge in [-0.05, 0) is 83.5 Å². The molecular weight excluding hydrogens is 718 g/mol. The number of hydrogen-bond acceptors (Lipinski definition) is 14. The predicted octanol–water partition coefficient (Wildman–Crippen LogP) is 3.85. The highest BCUT2D eigenvalue weighted by atomic mass is 32.2. The van der Waals surface area contributed by atoms with Gasteiger partial charge in [-0.15, -0.1) is 0 Å². The Morgan fingerprint density at radius 2 is 1.62 bits per heavy atom. The molecule has 306 valence electrons. The van der Waals surface area contributed by atoms with Crippen LogP contribution in [0, 0.1) is 39.9 Å². The SMILES string of the molecule is CCOC(=O)C(CC(C)(COS(=O)(=O)NO)C(=O)O)CC(C)(CC(C)C(=O)OCCOC(C)COCCC1=CCC2CC1C2(C)C)C(=O)OCCOC. The summed E-state index contributed by atoms with van der Waals surface area (Å²) in [5.41, 5.74) is -1.68. The van der Waals surface area contributed by atoms with E-state index >= 15 is 0 Å². The zero-order valence-electron chi connectivity index (χ0n) is 32.5. The van der Waals surface area contributed by atoms with E-state index < -0.39 is 69.9 Å². The maximum absolute atomic E-state index is 13.5. The summed E-state index contributed by atoms with van der Waals surface area (Å²) in [6, 6.07) is 0. The van der Waals surface area contributed by atoms with Gasteiger partial charge in [-0.2, -0.15) is 8.42 Å². The van der Waals surface area contributed by atoms with Crippen molar-refractivity contribution >= 4 is 34.2 Å². The van der Waals surface area contributed by atoms with E-state index in [0.717, 1.165) is 30.6 Å². The molecule has 53 heavy (non-hydrogen) atoms. The fourth-order valence-corrected chi connectivity index (χ4v) is 7.68. The number of carbonyl (C=O) groups is 4. The minimum absolute atomic E-state index is 0.0542. The van der Waals surface area contributed by atoms with Gasteiger partial charge in [0.1, 0.15) is 13.2 Å². The number of rotatable bonds is 27. The fourth-order valence-electron chi connectivity index (χ4n) is 7.21. The first-order valence-electron chi connectivity index (χ1n) is 18.2. The highest BCUT2D eigenvalue weighted by Gasteiger charge is 2.51. The van der Waals surface area contributed by atoms with Crippen LogP contribution in [0.5, 0.6) is 0 Å². The molecular formula is C36H61NO15S. The number of hydrogen-bond donors (Lipinski definition) is 3. The molecule has 3 aliphatic rings. The van der Waals surface area contributed by atoms with E-state index in [9.17, 15) is 32.7 Å². The molecule has 0 aromatic heterocycles. The Labute approximate surface area is 313 Å². The second kappa shape index (κ2) is 20.9. The molecule has 3 aliphatic carbocycles. The number of carboxylic acid groups (broad SMARTS) is 1. The van der Waals surface area contributed by atoms with E-state index in [0.29, 0.717) is 24.5 Å². The smallest absolute Gasteiger partial charge is 0.358 e. The van der Waals surface area contributed by atoms with Crippen LogP contribution in [0.25, 0.3) is 0 Å². The van der Waals surface area contributed by atoms with E-state index in [4.69, 9.17) is 33.6 Å². The van der Waals surface area contributed by atoms with E-state index in [2.05, 4.69) is 24.1 Å². The third-order valence-corrected chi connectivity index (χ3v) is 11.2.